The van der Waals surface area contributed by atoms with Crippen LogP contribution in [0.4, 0.5) is 0 Å². The molecule has 7 heteroatoms. The molecule has 152 valence electrons. The van der Waals surface area contributed by atoms with Gasteiger partial charge in [0.2, 0.25) is 0 Å². The van der Waals surface area contributed by atoms with Gasteiger partial charge < -0.3 is 14.7 Å². The number of nitrogens with zero attached hydrogens (tertiary/aromatic N) is 1. The van der Waals surface area contributed by atoms with Gasteiger partial charge in [-0.25, -0.2) is 5.43 Å². The maximum atomic E-state index is 8.36. The van der Waals surface area contributed by atoms with Crippen molar-refractivity contribution in [2.24, 2.45) is 0 Å². The average Bonchev–Trinajstić information content (AvgIpc) is 2.61. The zero-order valence-corrected chi connectivity index (χ0v) is 18.3. The van der Waals surface area contributed by atoms with Crippen LogP contribution < -0.4 is 15.6 Å². The van der Waals surface area contributed by atoms with Crippen LogP contribution in [0.25, 0.3) is 0 Å². The summed E-state index contributed by atoms with van der Waals surface area (Å²) in [4.78, 5) is 10.9. The number of carbonyl (C=O) groups is 1. The van der Waals surface area contributed by atoms with Crippen molar-refractivity contribution in [3.8, 4) is 5.75 Å². The lowest BCUT2D eigenvalue weighted by atomic mass is 9.80. The summed E-state index contributed by atoms with van der Waals surface area (Å²) in [6.07, 6.45) is 3.21. The van der Waals surface area contributed by atoms with Crippen molar-refractivity contribution in [3.05, 3.63) is 28.2 Å². The summed E-state index contributed by atoms with van der Waals surface area (Å²) in [6.45, 7) is 11.9. The Morgan fingerprint density at radius 3 is 2.56 bits per heavy atom. The summed E-state index contributed by atoms with van der Waals surface area (Å²) in [5, 5.41) is 6.89. The van der Waals surface area contributed by atoms with Gasteiger partial charge in [0, 0.05) is 35.1 Å². The molecular formula is C20H32BrN3O3. The molecule has 2 aliphatic heterocycles. The Morgan fingerprint density at radius 2 is 2.00 bits per heavy atom. The highest BCUT2D eigenvalue weighted by Gasteiger charge is 2.43. The van der Waals surface area contributed by atoms with E-state index < -0.39 is 0 Å². The maximum Gasteiger partial charge on any atom is 0.290 e. The van der Waals surface area contributed by atoms with Crippen LogP contribution in [0.15, 0.2) is 22.7 Å². The minimum Gasteiger partial charge on any atom is -0.487 e. The smallest absolute Gasteiger partial charge is 0.290 e. The number of benzene rings is 1. The Bertz CT molecular complexity index is 625. The minimum atomic E-state index is -0.250. The third kappa shape index (κ3) is 6.17. The van der Waals surface area contributed by atoms with Crippen molar-refractivity contribution in [1.82, 2.24) is 15.8 Å². The molecule has 0 radical (unpaired) electrons. The molecule has 0 saturated carbocycles. The topological polar surface area (TPSA) is 73.8 Å². The summed E-state index contributed by atoms with van der Waals surface area (Å²) < 4.78 is 7.66. The van der Waals surface area contributed by atoms with Crippen molar-refractivity contribution < 1.29 is 14.6 Å². The van der Waals surface area contributed by atoms with Gasteiger partial charge in [0.15, 0.2) is 0 Å². The molecule has 27 heavy (non-hydrogen) atoms. The number of hydrazine groups is 1. The highest BCUT2D eigenvalue weighted by atomic mass is 79.9. The number of likely N-dealkylation sites (tertiary alicyclic amines) is 1. The van der Waals surface area contributed by atoms with E-state index in [4.69, 9.17) is 14.6 Å². The van der Waals surface area contributed by atoms with Crippen molar-refractivity contribution in [1.29, 1.82) is 0 Å². The summed E-state index contributed by atoms with van der Waals surface area (Å²) in [6, 6.07) is 6.63. The van der Waals surface area contributed by atoms with E-state index >= 15 is 0 Å². The molecule has 1 atom stereocenters. The number of carboxylic acid groups (broad SMARTS) is 1. The van der Waals surface area contributed by atoms with Crippen molar-refractivity contribution in [3.63, 3.8) is 0 Å². The minimum absolute atomic E-state index is 0.0310. The Kier molecular flexibility index (Phi) is 7.68. The summed E-state index contributed by atoms with van der Waals surface area (Å²) in [5.74, 6) is 1.03. The van der Waals surface area contributed by atoms with E-state index in [1.165, 1.54) is 5.56 Å². The van der Waals surface area contributed by atoms with Crippen LogP contribution in [-0.4, -0.2) is 47.3 Å². The standard InChI is InChI=1S/C19H30BrN3O.CH2O2/c1-5-23-10-8-19(9-11-23)13-16(21-22-18(2,3)4)15-12-14(20)6-7-17(15)24-19;2-1-3/h6-7,12,16,21-22H,5,8-11,13H2,1-4H3;1H,(H,2,3). The van der Waals surface area contributed by atoms with Crippen LogP contribution >= 0.6 is 15.9 Å². The molecule has 3 rings (SSSR count). The second kappa shape index (κ2) is 9.37. The fourth-order valence-electron chi connectivity index (χ4n) is 3.66. The van der Waals surface area contributed by atoms with Crippen molar-refractivity contribution in [2.75, 3.05) is 19.6 Å². The number of nitrogens with one attached hydrogen (secondary N) is 2. The van der Waals surface area contributed by atoms with E-state index in [9.17, 15) is 0 Å². The molecule has 1 aromatic carbocycles. The van der Waals surface area contributed by atoms with E-state index in [1.54, 1.807) is 0 Å². The lowest BCUT2D eigenvalue weighted by molar-refractivity contribution is -0.122. The van der Waals surface area contributed by atoms with Crippen LogP contribution in [0.1, 0.15) is 58.6 Å². The third-order valence-electron chi connectivity index (χ3n) is 5.09. The van der Waals surface area contributed by atoms with Gasteiger partial charge in [0.1, 0.15) is 11.4 Å². The number of rotatable bonds is 3. The van der Waals surface area contributed by atoms with Crippen LogP contribution in [0.5, 0.6) is 5.75 Å². The third-order valence-corrected chi connectivity index (χ3v) is 5.58. The van der Waals surface area contributed by atoms with E-state index in [2.05, 4.69) is 77.6 Å². The number of halogens is 1. The number of piperidine rings is 1. The molecule has 0 amide bonds. The Balaban J connectivity index is 0.000000817. The summed E-state index contributed by atoms with van der Waals surface area (Å²) in [5.41, 5.74) is 8.27. The molecule has 0 aliphatic carbocycles. The summed E-state index contributed by atoms with van der Waals surface area (Å²) in [7, 11) is 0. The van der Waals surface area contributed by atoms with E-state index in [-0.39, 0.29) is 23.7 Å². The first kappa shape index (κ1) is 22.1. The van der Waals surface area contributed by atoms with E-state index in [1.807, 2.05) is 0 Å². The van der Waals surface area contributed by atoms with Gasteiger partial charge in [-0.15, -0.1) is 0 Å². The molecule has 0 bridgehead atoms. The van der Waals surface area contributed by atoms with Crippen LogP contribution in [0.3, 0.4) is 0 Å². The Labute approximate surface area is 170 Å². The molecule has 1 unspecified atom stereocenters. The molecule has 6 nitrogen and oxygen atoms in total. The lowest BCUT2D eigenvalue weighted by Gasteiger charge is -2.47. The molecule has 2 aliphatic rings. The number of hydrogen-bond donors (Lipinski definition) is 3. The largest absolute Gasteiger partial charge is 0.487 e. The highest BCUT2D eigenvalue weighted by Crippen LogP contribution is 2.44. The first-order chi connectivity index (χ1) is 12.7. The van der Waals surface area contributed by atoms with E-state index in [0.717, 1.165) is 49.1 Å². The second-order valence-corrected chi connectivity index (χ2v) is 9.20. The molecule has 2 heterocycles. The predicted octanol–water partition coefficient (Wildman–Crippen LogP) is 3.72. The van der Waals surface area contributed by atoms with E-state index in [0.29, 0.717) is 0 Å². The first-order valence-corrected chi connectivity index (χ1v) is 10.3. The SMILES string of the molecule is CCN1CCC2(CC1)CC(NNC(C)(C)C)c1cc(Br)ccc1O2.O=CO. The van der Waals surface area contributed by atoms with Gasteiger partial charge in [-0.05, 0) is 58.4 Å². The van der Waals surface area contributed by atoms with Gasteiger partial charge >= 0.3 is 0 Å². The van der Waals surface area contributed by atoms with Gasteiger partial charge in [0.05, 0.1) is 6.04 Å². The Hall–Kier alpha value is -1.15. The molecule has 3 N–H and O–H groups in total. The van der Waals surface area contributed by atoms with Gasteiger partial charge in [-0.2, -0.15) is 0 Å². The fraction of sp³-hybridized carbons (Fsp3) is 0.650. The normalized spacial score (nSPS) is 21.6. The molecule has 1 aromatic rings. The van der Waals surface area contributed by atoms with Gasteiger partial charge in [-0.3, -0.25) is 10.2 Å². The lowest BCUT2D eigenvalue weighted by Crippen LogP contribution is -2.55. The number of ether oxygens (including phenoxy) is 1. The van der Waals surface area contributed by atoms with Crippen LogP contribution in [0.2, 0.25) is 0 Å². The average molecular weight is 442 g/mol. The van der Waals surface area contributed by atoms with Crippen molar-refractivity contribution >= 4 is 22.4 Å². The first-order valence-electron chi connectivity index (χ1n) is 9.53. The van der Waals surface area contributed by atoms with Crippen LogP contribution in [-0.2, 0) is 4.79 Å². The molecule has 1 spiro atoms. The Morgan fingerprint density at radius 1 is 1.37 bits per heavy atom. The van der Waals surface area contributed by atoms with Crippen molar-refractivity contribution in [2.45, 2.75) is 64.1 Å². The molecule has 1 saturated heterocycles. The quantitative estimate of drug-likeness (QED) is 0.490. The predicted molar refractivity (Wildman–Crippen MR) is 111 cm³/mol. The van der Waals surface area contributed by atoms with Gasteiger partial charge in [0.25, 0.3) is 6.47 Å². The highest BCUT2D eigenvalue weighted by molar-refractivity contribution is 9.10. The number of fused-ring (bicyclic) bond motifs is 1. The maximum absolute atomic E-state index is 8.36. The van der Waals surface area contributed by atoms with Crippen LogP contribution in [0, 0.1) is 0 Å². The fourth-order valence-corrected chi connectivity index (χ4v) is 4.04. The molecule has 1 fully saturated rings. The zero-order chi connectivity index (χ0) is 20.1. The second-order valence-electron chi connectivity index (χ2n) is 8.28. The zero-order valence-electron chi connectivity index (χ0n) is 16.7. The molecular weight excluding hydrogens is 410 g/mol. The van der Waals surface area contributed by atoms with Gasteiger partial charge in [-0.1, -0.05) is 22.9 Å². The molecule has 0 aromatic heterocycles. The monoisotopic (exact) mass is 441 g/mol. The summed E-state index contributed by atoms with van der Waals surface area (Å²) >= 11 is 3.60. The number of hydrogen-bond acceptors (Lipinski definition) is 5.